The van der Waals surface area contributed by atoms with E-state index in [2.05, 4.69) is 15.1 Å². The normalized spacial score (nSPS) is 14.6. The van der Waals surface area contributed by atoms with Crippen LogP contribution in [0.5, 0.6) is 0 Å². The quantitative estimate of drug-likeness (QED) is 0.542. The number of aryl methyl sites for hydroxylation is 3. The molecule has 0 atom stereocenters. The molecule has 0 bridgehead atoms. The van der Waals surface area contributed by atoms with Crippen molar-refractivity contribution in [2.75, 3.05) is 31.1 Å². The van der Waals surface area contributed by atoms with Gasteiger partial charge in [-0.25, -0.2) is 23.1 Å². The molecule has 0 aliphatic carbocycles. The molecular formula is C22H24F2N6O3S. The Balaban J connectivity index is 1.53. The number of halogens is 2. The Morgan fingerprint density at radius 1 is 0.971 bits per heavy atom. The van der Waals surface area contributed by atoms with Gasteiger partial charge in [-0.05, 0) is 39.0 Å². The van der Waals surface area contributed by atoms with Crippen molar-refractivity contribution in [1.29, 1.82) is 0 Å². The number of aromatic nitrogens is 4. The average molecular weight is 491 g/mol. The molecule has 9 nitrogen and oxygen atoms in total. The minimum absolute atomic E-state index is 0.249. The largest absolute Gasteiger partial charge is 0.353 e. The fourth-order valence-electron chi connectivity index (χ4n) is 3.96. The van der Waals surface area contributed by atoms with Crippen LogP contribution in [0.25, 0.3) is 5.82 Å². The van der Waals surface area contributed by atoms with Gasteiger partial charge < -0.3 is 9.80 Å². The number of sulfone groups is 1. The summed E-state index contributed by atoms with van der Waals surface area (Å²) < 4.78 is 52.0. The van der Waals surface area contributed by atoms with Crippen molar-refractivity contribution in [2.24, 2.45) is 0 Å². The Morgan fingerprint density at radius 3 is 2.24 bits per heavy atom. The van der Waals surface area contributed by atoms with Gasteiger partial charge in [0.1, 0.15) is 11.6 Å². The monoisotopic (exact) mass is 490 g/mol. The van der Waals surface area contributed by atoms with Crippen LogP contribution in [0.4, 0.5) is 14.6 Å². The molecule has 1 amide bonds. The molecule has 1 aliphatic heterocycles. The third-order valence-electron chi connectivity index (χ3n) is 5.59. The van der Waals surface area contributed by atoms with E-state index in [4.69, 9.17) is 0 Å². The molecule has 34 heavy (non-hydrogen) atoms. The van der Waals surface area contributed by atoms with E-state index < -0.39 is 26.4 Å². The Morgan fingerprint density at radius 2 is 1.62 bits per heavy atom. The summed E-state index contributed by atoms with van der Waals surface area (Å²) in [6.45, 7) is 7.05. The van der Waals surface area contributed by atoms with Crippen molar-refractivity contribution < 1.29 is 22.0 Å². The highest BCUT2D eigenvalue weighted by Crippen LogP contribution is 2.25. The van der Waals surface area contributed by atoms with Gasteiger partial charge in [0.25, 0.3) is 5.91 Å². The second kappa shape index (κ2) is 9.09. The first-order valence-corrected chi connectivity index (χ1v) is 12.2. The highest BCUT2D eigenvalue weighted by atomic mass is 32.2. The van der Waals surface area contributed by atoms with Crippen LogP contribution in [0.2, 0.25) is 0 Å². The molecule has 1 saturated heterocycles. The lowest BCUT2D eigenvalue weighted by atomic mass is 10.2. The van der Waals surface area contributed by atoms with Gasteiger partial charge >= 0.3 is 5.76 Å². The van der Waals surface area contributed by atoms with E-state index in [1.54, 1.807) is 11.6 Å². The summed E-state index contributed by atoms with van der Waals surface area (Å²) in [6.07, 6.45) is 0. The minimum Gasteiger partial charge on any atom is -0.353 e. The van der Waals surface area contributed by atoms with Crippen LogP contribution in [0.3, 0.4) is 0 Å². The van der Waals surface area contributed by atoms with Crippen molar-refractivity contribution in [3.8, 4) is 5.82 Å². The zero-order chi connectivity index (χ0) is 24.6. The lowest BCUT2D eigenvalue weighted by molar-refractivity contribution is 0.0742. The number of carbonyl (C=O) groups excluding carboxylic acids is 1. The number of nitrogens with zero attached hydrogens (tertiary/aromatic N) is 6. The molecule has 180 valence electrons. The summed E-state index contributed by atoms with van der Waals surface area (Å²) in [5, 5.41) is 4.47. The fraction of sp³-hybridized carbons (Fsp3) is 0.364. The number of amides is 1. The minimum atomic E-state index is -4.90. The Bertz CT molecular complexity index is 1330. The highest BCUT2D eigenvalue weighted by molar-refractivity contribution is 7.91. The summed E-state index contributed by atoms with van der Waals surface area (Å²) in [5.74, 6) is -2.30. The number of hydrogen-bond acceptors (Lipinski definition) is 7. The van der Waals surface area contributed by atoms with Gasteiger partial charge in [-0.3, -0.25) is 4.79 Å². The van der Waals surface area contributed by atoms with Crippen molar-refractivity contribution in [2.45, 2.75) is 31.4 Å². The van der Waals surface area contributed by atoms with E-state index in [0.717, 1.165) is 17.5 Å². The third kappa shape index (κ3) is 4.49. The molecule has 0 radical (unpaired) electrons. The van der Waals surface area contributed by atoms with Crippen LogP contribution in [-0.4, -0.2) is 70.9 Å². The van der Waals surface area contributed by atoms with Gasteiger partial charge in [-0.15, -0.1) is 0 Å². The number of anilines is 1. The maximum absolute atomic E-state index is 13.1. The number of hydrogen-bond donors (Lipinski definition) is 0. The van der Waals surface area contributed by atoms with Gasteiger partial charge in [0.2, 0.25) is 9.84 Å². The second-order valence-electron chi connectivity index (χ2n) is 8.05. The molecule has 0 spiro atoms. The fourth-order valence-corrected chi connectivity index (χ4v) is 4.89. The van der Waals surface area contributed by atoms with E-state index in [1.165, 1.54) is 23.1 Å². The van der Waals surface area contributed by atoms with Crippen molar-refractivity contribution in [1.82, 2.24) is 24.6 Å². The number of rotatable bonds is 5. The number of benzene rings is 1. The predicted molar refractivity (Wildman–Crippen MR) is 121 cm³/mol. The lowest BCUT2D eigenvalue weighted by Gasteiger charge is -2.35. The van der Waals surface area contributed by atoms with Crippen LogP contribution >= 0.6 is 0 Å². The molecule has 4 rings (SSSR count). The summed E-state index contributed by atoms with van der Waals surface area (Å²) >= 11 is 0. The van der Waals surface area contributed by atoms with E-state index in [9.17, 15) is 22.0 Å². The summed E-state index contributed by atoms with van der Waals surface area (Å²) in [5.41, 5.74) is 1.56. The van der Waals surface area contributed by atoms with E-state index >= 15 is 0 Å². The molecule has 3 aromatic rings. The van der Waals surface area contributed by atoms with Gasteiger partial charge in [-0.1, -0.05) is 12.1 Å². The molecule has 0 unspecified atom stereocenters. The van der Waals surface area contributed by atoms with Crippen molar-refractivity contribution in [3.63, 3.8) is 0 Å². The SMILES string of the molecule is Cc1cc(C)n(-c2cc(N3CCN(C(=O)c4ccccc4S(=O)(=O)C(F)F)CC3)nc(C)n2)n1. The zero-order valence-electron chi connectivity index (χ0n) is 18.9. The first kappa shape index (κ1) is 23.7. The Kier molecular flexibility index (Phi) is 6.34. The predicted octanol–water partition coefficient (Wildman–Crippen LogP) is 2.55. The summed E-state index contributed by atoms with van der Waals surface area (Å²) in [4.78, 5) is 24.8. The first-order valence-electron chi connectivity index (χ1n) is 10.6. The van der Waals surface area contributed by atoms with Crippen LogP contribution in [0.15, 0.2) is 41.3 Å². The molecule has 2 aromatic heterocycles. The third-order valence-corrected chi connectivity index (χ3v) is 7.03. The molecule has 1 aliphatic rings. The standard InChI is InChI=1S/C22H24F2N6O3S/c1-14-12-15(2)30(27-14)20-13-19(25-16(3)26-20)28-8-10-29(11-9-28)21(31)17-6-4-5-7-18(17)34(32,33)22(23)24/h4-7,12-13,22H,8-11H2,1-3H3. The zero-order valence-corrected chi connectivity index (χ0v) is 19.8. The van der Waals surface area contributed by atoms with Gasteiger partial charge in [0, 0.05) is 37.9 Å². The maximum atomic E-state index is 13.1. The average Bonchev–Trinajstić information content (AvgIpc) is 3.16. The molecule has 1 fully saturated rings. The molecule has 3 heterocycles. The van der Waals surface area contributed by atoms with Crippen molar-refractivity contribution in [3.05, 3.63) is 59.2 Å². The molecule has 1 aromatic carbocycles. The lowest BCUT2D eigenvalue weighted by Crippen LogP contribution is -2.49. The van der Waals surface area contributed by atoms with Crippen LogP contribution in [0, 0.1) is 20.8 Å². The smallest absolute Gasteiger partial charge is 0.341 e. The maximum Gasteiger partial charge on any atom is 0.341 e. The number of piperazine rings is 1. The first-order chi connectivity index (χ1) is 16.1. The number of carbonyl (C=O) groups is 1. The summed E-state index contributed by atoms with van der Waals surface area (Å²) in [6, 6.07) is 8.86. The molecular weight excluding hydrogens is 466 g/mol. The van der Waals surface area contributed by atoms with E-state index in [-0.39, 0.29) is 18.7 Å². The highest BCUT2D eigenvalue weighted by Gasteiger charge is 2.33. The molecule has 0 saturated carbocycles. The van der Waals surface area contributed by atoms with Crippen LogP contribution in [-0.2, 0) is 9.84 Å². The van der Waals surface area contributed by atoms with Crippen LogP contribution in [0.1, 0.15) is 27.6 Å². The topological polar surface area (TPSA) is 101 Å². The molecule has 12 heteroatoms. The van der Waals surface area contributed by atoms with Crippen molar-refractivity contribution >= 4 is 21.6 Å². The molecule has 0 N–H and O–H groups in total. The second-order valence-corrected chi connectivity index (χ2v) is 9.94. The van der Waals surface area contributed by atoms with E-state index in [0.29, 0.717) is 30.5 Å². The number of alkyl halides is 2. The Labute approximate surface area is 196 Å². The van der Waals surface area contributed by atoms with E-state index in [1.807, 2.05) is 30.9 Å². The van der Waals surface area contributed by atoms with Gasteiger partial charge in [0.15, 0.2) is 5.82 Å². The van der Waals surface area contributed by atoms with Gasteiger partial charge in [-0.2, -0.15) is 13.9 Å². The van der Waals surface area contributed by atoms with Crippen LogP contribution < -0.4 is 4.90 Å². The Hall–Kier alpha value is -3.41. The van der Waals surface area contributed by atoms with Gasteiger partial charge in [0.05, 0.1) is 16.2 Å². The summed E-state index contributed by atoms with van der Waals surface area (Å²) in [7, 11) is -4.90.